The third-order valence-electron chi connectivity index (χ3n) is 3.72. The molecule has 2 aliphatic heterocycles. The first-order chi connectivity index (χ1) is 10.3. The van der Waals surface area contributed by atoms with Crippen LogP contribution in [0, 0.1) is 0 Å². The van der Waals surface area contributed by atoms with Crippen LogP contribution in [0.5, 0.6) is 0 Å². The molecule has 0 N–H and O–H groups in total. The van der Waals surface area contributed by atoms with Crippen molar-refractivity contribution in [3.05, 3.63) is 23.4 Å². The molecule has 0 unspecified atom stereocenters. The summed E-state index contributed by atoms with van der Waals surface area (Å²) in [5.74, 6) is 0.796. The molecule has 21 heavy (non-hydrogen) atoms. The van der Waals surface area contributed by atoms with E-state index in [2.05, 4.69) is 9.88 Å². The van der Waals surface area contributed by atoms with Crippen molar-refractivity contribution in [2.24, 2.45) is 0 Å². The largest absolute Gasteiger partial charge is 0.376 e. The number of aromatic nitrogens is 1. The lowest BCUT2D eigenvalue weighted by Crippen LogP contribution is -2.53. The van der Waals surface area contributed by atoms with Gasteiger partial charge in [-0.2, -0.15) is 0 Å². The highest BCUT2D eigenvalue weighted by atomic mass is 35.5. The van der Waals surface area contributed by atoms with Crippen LogP contribution in [0.15, 0.2) is 18.3 Å². The second-order valence-electron chi connectivity index (χ2n) is 5.06. The predicted molar refractivity (Wildman–Crippen MR) is 78.6 cm³/mol. The molecule has 0 radical (unpaired) electrons. The van der Waals surface area contributed by atoms with Crippen LogP contribution >= 0.6 is 11.6 Å². The highest BCUT2D eigenvalue weighted by Gasteiger charge is 2.30. The second-order valence-corrected chi connectivity index (χ2v) is 5.46. The topological polar surface area (TPSA) is 54.9 Å². The molecule has 2 saturated heterocycles. The van der Waals surface area contributed by atoms with Gasteiger partial charge in [-0.25, -0.2) is 4.98 Å². The molecule has 0 aliphatic carbocycles. The number of hydrogen-bond donors (Lipinski definition) is 0. The Hall–Kier alpha value is -1.37. The molecule has 114 valence electrons. The van der Waals surface area contributed by atoms with Crippen LogP contribution in [0.3, 0.4) is 0 Å². The van der Waals surface area contributed by atoms with E-state index >= 15 is 0 Å². The normalized spacial score (nSPS) is 23.2. The number of anilines is 1. The van der Waals surface area contributed by atoms with Gasteiger partial charge in [-0.3, -0.25) is 4.79 Å². The Bertz CT molecular complexity index is 500. The van der Waals surface area contributed by atoms with Crippen LogP contribution in [0.25, 0.3) is 0 Å². The van der Waals surface area contributed by atoms with Crippen LogP contribution in [0.2, 0.25) is 5.02 Å². The van der Waals surface area contributed by atoms with E-state index in [4.69, 9.17) is 21.1 Å². The number of carbonyl (C=O) groups excluding carboxylic acids is 1. The molecule has 2 fully saturated rings. The Morgan fingerprint density at radius 1 is 1.29 bits per heavy atom. The van der Waals surface area contributed by atoms with Gasteiger partial charge in [0.2, 0.25) is 0 Å². The van der Waals surface area contributed by atoms with E-state index in [-0.39, 0.29) is 5.91 Å². The maximum Gasteiger partial charge on any atom is 0.254 e. The van der Waals surface area contributed by atoms with E-state index in [0.717, 1.165) is 18.9 Å². The molecule has 1 aromatic heterocycles. The standard InChI is InChI=1S/C14H18ClN3O3/c15-11-2-1-3-16-13(11)17-4-6-18(7-5-17)14(19)12-10-20-8-9-21-12/h1-3,12H,4-10H2/t12-/m1/s1. The maximum atomic E-state index is 12.3. The Morgan fingerprint density at radius 3 is 2.76 bits per heavy atom. The van der Waals surface area contributed by atoms with Gasteiger partial charge in [-0.05, 0) is 12.1 Å². The summed E-state index contributed by atoms with van der Waals surface area (Å²) in [5, 5.41) is 0.640. The highest BCUT2D eigenvalue weighted by molar-refractivity contribution is 6.32. The van der Waals surface area contributed by atoms with Crippen molar-refractivity contribution in [1.82, 2.24) is 9.88 Å². The fourth-order valence-corrected chi connectivity index (χ4v) is 2.82. The van der Waals surface area contributed by atoms with Gasteiger partial charge in [-0.1, -0.05) is 11.6 Å². The zero-order valence-corrected chi connectivity index (χ0v) is 12.5. The number of halogens is 1. The van der Waals surface area contributed by atoms with Crippen molar-refractivity contribution in [2.45, 2.75) is 6.10 Å². The van der Waals surface area contributed by atoms with Crippen molar-refractivity contribution in [3.8, 4) is 0 Å². The molecule has 0 bridgehead atoms. The Kier molecular flexibility index (Phi) is 4.57. The van der Waals surface area contributed by atoms with Crippen LogP contribution < -0.4 is 4.90 Å². The first-order valence-electron chi connectivity index (χ1n) is 7.09. The number of amides is 1. The summed E-state index contributed by atoms with van der Waals surface area (Å²) in [7, 11) is 0. The summed E-state index contributed by atoms with van der Waals surface area (Å²) in [6, 6.07) is 3.64. The van der Waals surface area contributed by atoms with Crippen molar-refractivity contribution >= 4 is 23.3 Å². The number of carbonyl (C=O) groups is 1. The third kappa shape index (κ3) is 3.28. The summed E-state index contributed by atoms with van der Waals surface area (Å²) in [4.78, 5) is 20.6. The molecule has 1 atom stereocenters. The minimum Gasteiger partial charge on any atom is -0.376 e. The fraction of sp³-hybridized carbons (Fsp3) is 0.571. The van der Waals surface area contributed by atoms with Gasteiger partial charge < -0.3 is 19.3 Å². The molecule has 6 nitrogen and oxygen atoms in total. The van der Waals surface area contributed by atoms with E-state index in [9.17, 15) is 4.79 Å². The molecule has 2 aliphatic rings. The molecule has 0 aromatic carbocycles. The molecule has 0 spiro atoms. The van der Waals surface area contributed by atoms with Gasteiger partial charge in [0.15, 0.2) is 6.10 Å². The lowest BCUT2D eigenvalue weighted by molar-refractivity contribution is -0.158. The summed E-state index contributed by atoms with van der Waals surface area (Å²) >= 11 is 6.16. The molecule has 1 aromatic rings. The molecular formula is C14H18ClN3O3. The molecule has 1 amide bonds. The van der Waals surface area contributed by atoms with E-state index in [1.807, 2.05) is 17.0 Å². The Balaban J connectivity index is 1.57. The van der Waals surface area contributed by atoms with Crippen LogP contribution in [-0.2, 0) is 14.3 Å². The molecule has 0 saturated carbocycles. The van der Waals surface area contributed by atoms with Crippen LogP contribution in [0.4, 0.5) is 5.82 Å². The van der Waals surface area contributed by atoms with E-state index in [1.54, 1.807) is 6.20 Å². The first-order valence-corrected chi connectivity index (χ1v) is 7.47. The zero-order chi connectivity index (χ0) is 14.7. The average Bonchev–Trinajstić information content (AvgIpc) is 2.56. The third-order valence-corrected chi connectivity index (χ3v) is 4.02. The van der Waals surface area contributed by atoms with Crippen LogP contribution in [0.1, 0.15) is 0 Å². The minimum absolute atomic E-state index is 0.0152. The lowest BCUT2D eigenvalue weighted by Gasteiger charge is -2.37. The van der Waals surface area contributed by atoms with Gasteiger partial charge in [0, 0.05) is 32.4 Å². The monoisotopic (exact) mass is 311 g/mol. The van der Waals surface area contributed by atoms with Gasteiger partial charge in [0.1, 0.15) is 5.82 Å². The van der Waals surface area contributed by atoms with Gasteiger partial charge in [0.25, 0.3) is 5.91 Å². The summed E-state index contributed by atoms with van der Waals surface area (Å²) in [5.41, 5.74) is 0. The summed E-state index contributed by atoms with van der Waals surface area (Å²) < 4.78 is 10.8. The molecule has 7 heteroatoms. The minimum atomic E-state index is -0.455. The predicted octanol–water partition coefficient (Wildman–Crippen LogP) is 0.799. The number of rotatable bonds is 2. The van der Waals surface area contributed by atoms with E-state index in [0.29, 0.717) is 37.9 Å². The number of nitrogens with zero attached hydrogens (tertiary/aromatic N) is 3. The first kappa shape index (κ1) is 14.6. The maximum absolute atomic E-state index is 12.3. The smallest absolute Gasteiger partial charge is 0.254 e. The number of ether oxygens (including phenoxy) is 2. The molecular weight excluding hydrogens is 294 g/mol. The van der Waals surface area contributed by atoms with E-state index < -0.39 is 6.10 Å². The van der Waals surface area contributed by atoms with Crippen molar-refractivity contribution < 1.29 is 14.3 Å². The van der Waals surface area contributed by atoms with Gasteiger partial charge in [0.05, 0.1) is 24.8 Å². The lowest BCUT2D eigenvalue weighted by atomic mass is 10.2. The van der Waals surface area contributed by atoms with Crippen molar-refractivity contribution in [1.29, 1.82) is 0 Å². The van der Waals surface area contributed by atoms with Crippen LogP contribution in [-0.4, -0.2) is 67.9 Å². The Morgan fingerprint density at radius 2 is 2.10 bits per heavy atom. The fourth-order valence-electron chi connectivity index (χ4n) is 2.58. The van der Waals surface area contributed by atoms with Gasteiger partial charge in [-0.15, -0.1) is 0 Å². The molecule has 3 heterocycles. The quantitative estimate of drug-likeness (QED) is 0.808. The van der Waals surface area contributed by atoms with Crippen molar-refractivity contribution in [3.63, 3.8) is 0 Å². The SMILES string of the molecule is O=C([C@H]1COCCO1)N1CCN(c2ncccc2Cl)CC1. The average molecular weight is 312 g/mol. The Labute approximate surface area is 128 Å². The van der Waals surface area contributed by atoms with Crippen molar-refractivity contribution in [2.75, 3.05) is 50.9 Å². The zero-order valence-electron chi connectivity index (χ0n) is 11.7. The van der Waals surface area contributed by atoms with E-state index in [1.165, 1.54) is 0 Å². The van der Waals surface area contributed by atoms with Gasteiger partial charge >= 0.3 is 0 Å². The number of pyridine rings is 1. The highest BCUT2D eigenvalue weighted by Crippen LogP contribution is 2.23. The molecule has 3 rings (SSSR count). The summed E-state index contributed by atoms with van der Waals surface area (Å²) in [6.45, 7) is 4.13. The number of hydrogen-bond acceptors (Lipinski definition) is 5. The summed E-state index contributed by atoms with van der Waals surface area (Å²) in [6.07, 6.45) is 1.27. The second kappa shape index (κ2) is 6.60. The number of piperazine rings is 1.